The van der Waals surface area contributed by atoms with Crippen molar-refractivity contribution in [1.29, 1.82) is 0 Å². The van der Waals surface area contributed by atoms with Crippen LogP contribution in [0.2, 0.25) is 0 Å². The van der Waals surface area contributed by atoms with E-state index in [2.05, 4.69) is 20.4 Å². The Morgan fingerprint density at radius 3 is 2.59 bits per heavy atom. The van der Waals surface area contributed by atoms with E-state index in [4.69, 9.17) is 0 Å². The number of carbonyl (C=O) groups excluding carboxylic acids is 1. The molecule has 0 aliphatic heterocycles. The number of hydrogen-bond acceptors (Lipinski definition) is 4. The van der Waals surface area contributed by atoms with Gasteiger partial charge in [0.1, 0.15) is 0 Å². The minimum atomic E-state index is -4.47. The molecule has 1 unspecified atom stereocenters. The number of amides is 1. The standard InChI is InChI=1S/C21H22F3N5O3/c1-11-16(19(31)28-20(32)27-11)7-8-18(30)26-12(2)17-10-25-29(13(17)3)15-6-4-5-14(9-15)21(22,23)24/h4-6,9-10,12H,7-8H2,1-3H3,(H,26,30)(H2,27,28,31,32). The molecule has 0 fully saturated rings. The summed E-state index contributed by atoms with van der Waals surface area (Å²) in [7, 11) is 0. The first-order valence-electron chi connectivity index (χ1n) is 9.81. The third-order valence-electron chi connectivity index (χ3n) is 5.17. The topological polar surface area (TPSA) is 113 Å². The molecule has 8 nitrogen and oxygen atoms in total. The molecule has 0 aliphatic rings. The van der Waals surface area contributed by atoms with Crippen molar-refractivity contribution in [3.05, 3.63) is 79.4 Å². The molecular weight excluding hydrogens is 427 g/mol. The van der Waals surface area contributed by atoms with Gasteiger partial charge >= 0.3 is 11.9 Å². The number of rotatable bonds is 6. The summed E-state index contributed by atoms with van der Waals surface area (Å²) in [6.45, 7) is 5.02. The molecule has 170 valence electrons. The Balaban J connectivity index is 1.71. The number of H-pyrrole nitrogens is 2. The van der Waals surface area contributed by atoms with Crippen molar-refractivity contribution in [2.45, 2.75) is 45.8 Å². The molecule has 11 heteroatoms. The third-order valence-corrected chi connectivity index (χ3v) is 5.17. The molecule has 0 radical (unpaired) electrons. The van der Waals surface area contributed by atoms with E-state index in [1.165, 1.54) is 23.0 Å². The van der Waals surface area contributed by atoms with Gasteiger partial charge in [-0.1, -0.05) is 6.07 Å². The van der Waals surface area contributed by atoms with Crippen molar-refractivity contribution < 1.29 is 18.0 Å². The Hall–Kier alpha value is -3.63. The highest BCUT2D eigenvalue weighted by Crippen LogP contribution is 2.31. The number of alkyl halides is 3. The zero-order valence-electron chi connectivity index (χ0n) is 17.6. The highest BCUT2D eigenvalue weighted by atomic mass is 19.4. The molecule has 32 heavy (non-hydrogen) atoms. The maximum absolute atomic E-state index is 13.0. The van der Waals surface area contributed by atoms with E-state index in [0.717, 1.165) is 12.1 Å². The molecule has 3 aromatic rings. The maximum atomic E-state index is 13.0. The number of aromatic amines is 2. The van der Waals surface area contributed by atoms with Gasteiger partial charge in [0, 0.05) is 28.9 Å². The van der Waals surface area contributed by atoms with Crippen molar-refractivity contribution in [2.24, 2.45) is 0 Å². The van der Waals surface area contributed by atoms with Crippen molar-refractivity contribution >= 4 is 5.91 Å². The summed E-state index contributed by atoms with van der Waals surface area (Å²) >= 11 is 0. The summed E-state index contributed by atoms with van der Waals surface area (Å²) in [5, 5.41) is 6.98. The number of carbonyl (C=O) groups is 1. The van der Waals surface area contributed by atoms with Gasteiger partial charge in [0.15, 0.2) is 0 Å². The van der Waals surface area contributed by atoms with Crippen molar-refractivity contribution in [2.75, 3.05) is 0 Å². The van der Waals surface area contributed by atoms with Crippen LogP contribution in [0.3, 0.4) is 0 Å². The Bertz CT molecular complexity index is 1260. The smallest absolute Gasteiger partial charge is 0.349 e. The number of nitrogens with zero attached hydrogens (tertiary/aromatic N) is 2. The van der Waals surface area contributed by atoms with Gasteiger partial charge in [-0.05, 0) is 45.4 Å². The van der Waals surface area contributed by atoms with Crippen LogP contribution < -0.4 is 16.6 Å². The van der Waals surface area contributed by atoms with Gasteiger partial charge in [-0.25, -0.2) is 9.48 Å². The van der Waals surface area contributed by atoms with Gasteiger partial charge in [0.25, 0.3) is 5.56 Å². The van der Waals surface area contributed by atoms with Crippen molar-refractivity contribution in [1.82, 2.24) is 25.1 Å². The Morgan fingerprint density at radius 2 is 1.94 bits per heavy atom. The molecule has 2 heterocycles. The quantitative estimate of drug-likeness (QED) is 0.537. The fourth-order valence-corrected chi connectivity index (χ4v) is 3.48. The van der Waals surface area contributed by atoms with Crippen LogP contribution in [0.4, 0.5) is 13.2 Å². The summed E-state index contributed by atoms with van der Waals surface area (Å²) in [5.41, 5.74) is 0.292. The largest absolute Gasteiger partial charge is 0.416 e. The van der Waals surface area contributed by atoms with Gasteiger partial charge in [0.05, 0.1) is 23.5 Å². The minimum Gasteiger partial charge on any atom is -0.349 e. The van der Waals surface area contributed by atoms with E-state index in [1.54, 1.807) is 20.8 Å². The molecule has 0 saturated heterocycles. The lowest BCUT2D eigenvalue weighted by Gasteiger charge is -2.15. The number of nitrogens with one attached hydrogen (secondary N) is 3. The third kappa shape index (κ3) is 4.98. The molecule has 2 aromatic heterocycles. The fraction of sp³-hybridized carbons (Fsp3) is 0.333. The summed E-state index contributed by atoms with van der Waals surface area (Å²) < 4.78 is 40.4. The van der Waals surface area contributed by atoms with Gasteiger partial charge < -0.3 is 10.3 Å². The van der Waals surface area contributed by atoms with Crippen LogP contribution in [-0.4, -0.2) is 25.7 Å². The number of benzene rings is 1. The van der Waals surface area contributed by atoms with Gasteiger partial charge in [-0.2, -0.15) is 18.3 Å². The van der Waals surface area contributed by atoms with Crippen LogP contribution in [-0.2, 0) is 17.4 Å². The lowest BCUT2D eigenvalue weighted by atomic mass is 10.1. The van der Waals surface area contributed by atoms with Crippen LogP contribution in [0.25, 0.3) is 5.69 Å². The maximum Gasteiger partial charge on any atom is 0.416 e. The van der Waals surface area contributed by atoms with E-state index in [0.29, 0.717) is 22.5 Å². The van der Waals surface area contributed by atoms with Crippen LogP contribution in [0, 0.1) is 13.8 Å². The fourth-order valence-electron chi connectivity index (χ4n) is 3.48. The molecule has 1 atom stereocenters. The van der Waals surface area contributed by atoms with Gasteiger partial charge in [0.2, 0.25) is 5.91 Å². The predicted octanol–water partition coefficient (Wildman–Crippen LogP) is 2.69. The molecule has 1 aromatic carbocycles. The molecular formula is C21H22F3N5O3. The lowest BCUT2D eigenvalue weighted by molar-refractivity contribution is -0.137. The second-order valence-corrected chi connectivity index (χ2v) is 7.45. The predicted molar refractivity (Wildman–Crippen MR) is 111 cm³/mol. The molecule has 0 aliphatic carbocycles. The normalized spacial score (nSPS) is 12.6. The molecule has 0 saturated carbocycles. The van der Waals surface area contributed by atoms with Crippen LogP contribution in [0.1, 0.15) is 47.5 Å². The summed E-state index contributed by atoms with van der Waals surface area (Å²) in [6.07, 6.45) is -2.82. The molecule has 3 N–H and O–H groups in total. The lowest BCUT2D eigenvalue weighted by Crippen LogP contribution is -2.30. The van der Waals surface area contributed by atoms with E-state index in [-0.39, 0.29) is 24.4 Å². The van der Waals surface area contributed by atoms with Crippen LogP contribution >= 0.6 is 0 Å². The molecule has 1 amide bonds. The molecule has 3 rings (SSSR count). The van der Waals surface area contributed by atoms with E-state index in [9.17, 15) is 27.6 Å². The van der Waals surface area contributed by atoms with E-state index in [1.807, 2.05) is 0 Å². The Labute approximate surface area is 180 Å². The minimum absolute atomic E-state index is 0.0150. The van der Waals surface area contributed by atoms with Crippen molar-refractivity contribution in [3.63, 3.8) is 0 Å². The monoisotopic (exact) mass is 449 g/mol. The first kappa shape index (κ1) is 23.0. The van der Waals surface area contributed by atoms with Crippen LogP contribution in [0.15, 0.2) is 40.1 Å². The van der Waals surface area contributed by atoms with Gasteiger partial charge in [-0.3, -0.25) is 14.6 Å². The summed E-state index contributed by atoms with van der Waals surface area (Å²) in [6, 6.07) is 4.37. The van der Waals surface area contributed by atoms with Crippen LogP contribution in [0.5, 0.6) is 0 Å². The summed E-state index contributed by atoms with van der Waals surface area (Å²) in [5.74, 6) is -0.325. The highest BCUT2D eigenvalue weighted by Gasteiger charge is 2.30. The van der Waals surface area contributed by atoms with E-state index < -0.39 is 29.0 Å². The number of aromatic nitrogens is 4. The zero-order valence-corrected chi connectivity index (χ0v) is 17.6. The zero-order chi connectivity index (χ0) is 23.6. The first-order valence-corrected chi connectivity index (χ1v) is 9.81. The van der Waals surface area contributed by atoms with E-state index >= 15 is 0 Å². The van der Waals surface area contributed by atoms with Gasteiger partial charge in [-0.15, -0.1) is 0 Å². The number of halogens is 3. The highest BCUT2D eigenvalue weighted by molar-refractivity contribution is 5.76. The number of aryl methyl sites for hydroxylation is 1. The SMILES string of the molecule is Cc1[nH]c(=O)[nH]c(=O)c1CCC(=O)NC(C)c1cnn(-c2cccc(C(F)(F)F)c2)c1C. The first-order chi connectivity index (χ1) is 15.0. The van der Waals surface area contributed by atoms with Crippen molar-refractivity contribution in [3.8, 4) is 5.69 Å². The number of hydrogen-bond donors (Lipinski definition) is 3. The Morgan fingerprint density at radius 1 is 1.22 bits per heavy atom. The summed E-state index contributed by atoms with van der Waals surface area (Å²) in [4.78, 5) is 40.1. The average molecular weight is 449 g/mol. The Kier molecular flexibility index (Phi) is 6.37. The molecule has 0 bridgehead atoms. The second-order valence-electron chi connectivity index (χ2n) is 7.45. The molecule has 0 spiro atoms. The average Bonchev–Trinajstić information content (AvgIpc) is 3.08. The second kappa shape index (κ2) is 8.85.